The van der Waals surface area contributed by atoms with Gasteiger partial charge in [0, 0.05) is 25.3 Å². The number of nitrogens with one attached hydrogen (secondary N) is 1. The van der Waals surface area contributed by atoms with Gasteiger partial charge in [0.2, 0.25) is 5.60 Å². The van der Waals surface area contributed by atoms with Crippen LogP contribution < -0.4 is 5.32 Å². The van der Waals surface area contributed by atoms with E-state index >= 15 is 0 Å². The number of ether oxygens (including phenoxy) is 1. The molecule has 0 radical (unpaired) electrons. The zero-order chi connectivity index (χ0) is 25.0. The fraction of sp³-hybridized carbons (Fsp3) is 0.333. The molecule has 0 saturated carbocycles. The molecule has 3 aromatic rings. The number of fused-ring (bicyclic) bond motifs is 3. The Morgan fingerprint density at radius 2 is 1.39 bits per heavy atom. The van der Waals surface area contributed by atoms with E-state index in [2.05, 4.69) is 5.32 Å². The molecule has 6 nitrogen and oxygen atoms in total. The predicted octanol–water partition coefficient (Wildman–Crippen LogP) is 3.39. The van der Waals surface area contributed by atoms with Crippen LogP contribution in [0.15, 0.2) is 91.0 Å². The van der Waals surface area contributed by atoms with Gasteiger partial charge >= 0.3 is 5.97 Å². The van der Waals surface area contributed by atoms with Crippen LogP contribution in [-0.2, 0) is 26.5 Å². The Kier molecular flexibility index (Phi) is 6.90. The summed E-state index contributed by atoms with van der Waals surface area (Å²) in [5.74, 6) is -0.406. The first kappa shape index (κ1) is 24.2. The highest BCUT2D eigenvalue weighted by Gasteiger charge is 2.51. The summed E-state index contributed by atoms with van der Waals surface area (Å²) < 4.78 is 6.71. The largest absolute Gasteiger partial charge is 0.453 e. The third kappa shape index (κ3) is 4.92. The molecule has 36 heavy (non-hydrogen) atoms. The van der Waals surface area contributed by atoms with Gasteiger partial charge in [-0.3, -0.25) is 4.79 Å². The average molecular weight is 486 g/mol. The number of quaternary nitrogens is 1. The van der Waals surface area contributed by atoms with Crippen LogP contribution in [0.3, 0.4) is 0 Å². The molecular weight excluding hydrogens is 452 g/mol. The van der Waals surface area contributed by atoms with E-state index in [4.69, 9.17) is 4.74 Å². The van der Waals surface area contributed by atoms with Gasteiger partial charge in [0.1, 0.15) is 6.54 Å². The van der Waals surface area contributed by atoms with E-state index < -0.39 is 11.6 Å². The van der Waals surface area contributed by atoms with Crippen molar-refractivity contribution in [2.45, 2.75) is 31.1 Å². The smallest absolute Gasteiger partial charge is 0.348 e. The number of esters is 1. The van der Waals surface area contributed by atoms with Gasteiger partial charge in [0.05, 0.1) is 13.1 Å². The summed E-state index contributed by atoms with van der Waals surface area (Å²) in [6.07, 6.45) is 1.47. The Labute approximate surface area is 212 Å². The van der Waals surface area contributed by atoms with E-state index in [1.165, 1.54) is 0 Å². The van der Waals surface area contributed by atoms with Crippen LogP contribution in [0.4, 0.5) is 0 Å². The van der Waals surface area contributed by atoms with E-state index in [1.807, 2.05) is 42.5 Å². The molecule has 3 aromatic carbocycles. The minimum Gasteiger partial charge on any atom is -0.453 e. The van der Waals surface area contributed by atoms with Gasteiger partial charge in [-0.2, -0.15) is 0 Å². The number of rotatable bonds is 8. The molecule has 0 aliphatic carbocycles. The lowest BCUT2D eigenvalue weighted by Gasteiger charge is -2.51. The van der Waals surface area contributed by atoms with Crippen molar-refractivity contribution in [1.82, 2.24) is 5.32 Å². The van der Waals surface area contributed by atoms with Crippen molar-refractivity contribution in [2.75, 3.05) is 26.2 Å². The number of hydrogen-bond donors (Lipinski definition) is 2. The van der Waals surface area contributed by atoms with Gasteiger partial charge in [-0.15, -0.1) is 0 Å². The van der Waals surface area contributed by atoms with Gasteiger partial charge in [-0.1, -0.05) is 91.0 Å². The van der Waals surface area contributed by atoms with Crippen LogP contribution in [0.1, 0.15) is 29.5 Å². The third-order valence-electron chi connectivity index (χ3n) is 7.79. The number of piperidine rings is 3. The Morgan fingerprint density at radius 1 is 0.861 bits per heavy atom. The quantitative estimate of drug-likeness (QED) is 0.379. The van der Waals surface area contributed by atoms with E-state index in [0.717, 1.165) is 31.5 Å². The van der Waals surface area contributed by atoms with Gasteiger partial charge in [0.15, 0.2) is 12.6 Å². The molecule has 3 fully saturated rings. The average Bonchev–Trinajstić information content (AvgIpc) is 2.93. The van der Waals surface area contributed by atoms with Crippen molar-refractivity contribution >= 4 is 11.9 Å². The first-order valence-corrected chi connectivity index (χ1v) is 12.7. The van der Waals surface area contributed by atoms with Gasteiger partial charge in [-0.05, 0) is 16.7 Å². The van der Waals surface area contributed by atoms with Crippen LogP contribution in [0, 0.1) is 5.92 Å². The van der Waals surface area contributed by atoms with Crippen molar-refractivity contribution in [3.63, 3.8) is 0 Å². The minimum absolute atomic E-state index is 0.00866. The monoisotopic (exact) mass is 485 g/mol. The molecule has 1 amide bonds. The Hall–Kier alpha value is -3.48. The molecule has 0 spiro atoms. The van der Waals surface area contributed by atoms with Crippen LogP contribution in [0.2, 0.25) is 0 Å². The maximum atomic E-state index is 13.6. The summed E-state index contributed by atoms with van der Waals surface area (Å²) in [5, 5.41) is 14.8. The SMILES string of the molecule is O=C(C[N+]12CCC(CC1)C(OC(=O)C(O)(c1ccccc1)c1ccccc1)C2)NCc1ccccc1. The fourth-order valence-corrected chi connectivity index (χ4v) is 5.72. The molecule has 2 bridgehead atoms. The lowest BCUT2D eigenvalue weighted by atomic mass is 9.82. The first-order valence-electron chi connectivity index (χ1n) is 12.7. The van der Waals surface area contributed by atoms with E-state index in [-0.39, 0.29) is 17.9 Å². The lowest BCUT2D eigenvalue weighted by molar-refractivity contribution is -0.939. The molecule has 3 aliphatic heterocycles. The van der Waals surface area contributed by atoms with Crippen LogP contribution in [0.25, 0.3) is 0 Å². The van der Waals surface area contributed by atoms with Crippen molar-refractivity contribution in [1.29, 1.82) is 0 Å². The number of nitrogens with zero attached hydrogens (tertiary/aromatic N) is 1. The maximum absolute atomic E-state index is 13.6. The van der Waals surface area contributed by atoms with Crippen molar-refractivity contribution < 1.29 is 23.9 Å². The minimum atomic E-state index is -1.90. The molecule has 186 valence electrons. The van der Waals surface area contributed by atoms with Crippen LogP contribution in [0.5, 0.6) is 0 Å². The van der Waals surface area contributed by atoms with Crippen molar-refractivity contribution in [3.8, 4) is 0 Å². The molecular formula is C30H33N2O4+. The van der Waals surface area contributed by atoms with E-state index in [9.17, 15) is 14.7 Å². The molecule has 1 unspecified atom stereocenters. The Morgan fingerprint density at radius 3 is 1.94 bits per heavy atom. The zero-order valence-corrected chi connectivity index (χ0v) is 20.4. The standard InChI is InChI=1S/C30H32N2O4/c33-28(31-20-23-10-4-1-5-11-23)22-32-18-16-24(17-19-32)27(21-32)36-29(34)30(35,25-12-6-2-7-13-25)26-14-8-3-9-15-26/h1-15,24,27,35H,16-22H2/p+1. The van der Waals surface area contributed by atoms with Crippen molar-refractivity contribution in [3.05, 3.63) is 108 Å². The summed E-state index contributed by atoms with van der Waals surface area (Å²) in [7, 11) is 0. The van der Waals surface area contributed by atoms with Gasteiger partial charge in [-0.25, -0.2) is 4.79 Å². The number of carbonyl (C=O) groups excluding carboxylic acids is 2. The summed E-state index contributed by atoms with van der Waals surface area (Å²) >= 11 is 0. The Balaban J connectivity index is 1.30. The topological polar surface area (TPSA) is 75.6 Å². The van der Waals surface area contributed by atoms with E-state index in [1.54, 1.807) is 48.5 Å². The molecule has 2 N–H and O–H groups in total. The number of aliphatic hydroxyl groups is 1. The second-order valence-electron chi connectivity index (χ2n) is 10.1. The van der Waals surface area contributed by atoms with Gasteiger partial charge < -0.3 is 19.6 Å². The third-order valence-corrected chi connectivity index (χ3v) is 7.79. The molecule has 6 heteroatoms. The number of benzene rings is 3. The van der Waals surface area contributed by atoms with Crippen LogP contribution >= 0.6 is 0 Å². The van der Waals surface area contributed by atoms with E-state index in [0.29, 0.717) is 35.2 Å². The summed E-state index contributed by atoms with van der Waals surface area (Å²) in [5.41, 5.74) is 0.126. The second-order valence-corrected chi connectivity index (χ2v) is 10.1. The summed E-state index contributed by atoms with van der Waals surface area (Å²) in [6.45, 7) is 3.27. The maximum Gasteiger partial charge on any atom is 0.348 e. The number of hydrogen-bond acceptors (Lipinski definition) is 4. The molecule has 3 aliphatic rings. The molecule has 3 heterocycles. The summed E-state index contributed by atoms with van der Waals surface area (Å²) in [6, 6.07) is 27.8. The fourth-order valence-electron chi connectivity index (χ4n) is 5.72. The number of carbonyl (C=O) groups is 2. The molecule has 3 saturated heterocycles. The molecule has 0 aromatic heterocycles. The predicted molar refractivity (Wildman–Crippen MR) is 137 cm³/mol. The highest BCUT2D eigenvalue weighted by molar-refractivity contribution is 5.85. The van der Waals surface area contributed by atoms with Crippen molar-refractivity contribution in [2.24, 2.45) is 5.92 Å². The Bertz CT molecular complexity index is 1140. The normalized spacial score (nSPS) is 23.1. The second kappa shape index (κ2) is 10.2. The molecule has 6 rings (SSSR count). The van der Waals surface area contributed by atoms with Crippen LogP contribution in [-0.4, -0.2) is 53.7 Å². The first-order chi connectivity index (χ1) is 17.5. The zero-order valence-electron chi connectivity index (χ0n) is 20.4. The molecule has 1 atom stereocenters. The lowest BCUT2D eigenvalue weighted by Crippen LogP contribution is -2.66. The number of amides is 1. The highest BCUT2D eigenvalue weighted by Crippen LogP contribution is 2.38. The highest BCUT2D eigenvalue weighted by atomic mass is 16.6. The van der Waals surface area contributed by atoms with Gasteiger partial charge in [0.25, 0.3) is 5.91 Å². The summed E-state index contributed by atoms with van der Waals surface area (Å²) in [4.78, 5) is 26.5.